The van der Waals surface area contributed by atoms with Gasteiger partial charge in [-0.1, -0.05) is 78.9 Å². The van der Waals surface area contributed by atoms with Crippen molar-refractivity contribution in [1.82, 2.24) is 0 Å². The van der Waals surface area contributed by atoms with E-state index in [-0.39, 0.29) is 5.43 Å². The molecule has 0 bridgehead atoms. The molecule has 7 aromatic rings. The molecule has 1 spiro atoms. The van der Waals surface area contributed by atoms with Crippen LogP contribution in [0.2, 0.25) is 0 Å². The second-order valence-corrected chi connectivity index (χ2v) is 13.2. The number of para-hydroxylation sites is 2. The molecule has 4 heteroatoms. The average Bonchev–Trinajstić information content (AvgIpc) is 3.33. The maximum absolute atomic E-state index is 14.1. The predicted molar refractivity (Wildman–Crippen MR) is 187 cm³/mol. The lowest BCUT2D eigenvalue weighted by molar-refractivity contribution is 0.753. The summed E-state index contributed by atoms with van der Waals surface area (Å²) >= 11 is 1.59. The Kier molecular flexibility index (Phi) is 5.33. The second kappa shape index (κ2) is 9.25. The zero-order chi connectivity index (χ0) is 30.4. The number of aryl methyl sites for hydroxylation is 2. The van der Waals surface area contributed by atoms with Crippen LogP contribution in [0.1, 0.15) is 33.4 Å². The molecule has 2 aliphatic rings. The van der Waals surface area contributed by atoms with Gasteiger partial charge in [-0.2, -0.15) is 0 Å². The van der Waals surface area contributed by atoms with E-state index in [2.05, 4.69) is 127 Å². The van der Waals surface area contributed by atoms with Crippen LogP contribution in [0, 0.1) is 20.4 Å². The van der Waals surface area contributed by atoms with Gasteiger partial charge in [-0.25, -0.2) is 4.85 Å². The summed E-state index contributed by atoms with van der Waals surface area (Å²) in [6.45, 7) is 11.8. The standard InChI is InChI=1S/C41H26N2OS/c1-24-18-25(2)20-27(19-24)43-36-14-8-6-12-33(36)41(34-13-7-9-15-37(34)43)32-11-5-4-10-28(32)30-23-39-31(22-35(30)41)40(44)29-17-16-26(42-3)21-38(29)45-39/h4-23H,1-2H3. The van der Waals surface area contributed by atoms with Crippen LogP contribution in [0.3, 0.4) is 0 Å². The molecule has 0 saturated carbocycles. The molecular formula is C41H26N2OS. The SMILES string of the molecule is [C-]#[N+]c1ccc2c(=O)c3cc4c(cc3sc2c1)-c1ccccc1C41c2ccccc2N(c2cc(C)cc(C)c2)c2ccccc21. The molecule has 0 N–H and O–H groups in total. The molecule has 9 rings (SSSR count). The lowest BCUT2D eigenvalue weighted by atomic mass is 9.64. The number of benzene rings is 6. The topological polar surface area (TPSA) is 24.7 Å². The van der Waals surface area contributed by atoms with Crippen LogP contribution in [-0.2, 0) is 5.41 Å². The van der Waals surface area contributed by atoms with Gasteiger partial charge in [0.05, 0.1) is 23.4 Å². The molecule has 0 saturated heterocycles. The van der Waals surface area contributed by atoms with Crippen LogP contribution >= 0.6 is 11.3 Å². The molecular weight excluding hydrogens is 569 g/mol. The van der Waals surface area contributed by atoms with E-state index in [1.807, 2.05) is 12.1 Å². The summed E-state index contributed by atoms with van der Waals surface area (Å²) in [7, 11) is 0. The average molecular weight is 595 g/mol. The van der Waals surface area contributed by atoms with Gasteiger partial charge in [-0.15, -0.1) is 11.3 Å². The van der Waals surface area contributed by atoms with Gasteiger partial charge in [-0.05, 0) is 101 Å². The maximum atomic E-state index is 14.1. The Bertz CT molecular complexity index is 2450. The zero-order valence-corrected chi connectivity index (χ0v) is 25.6. The first kappa shape index (κ1) is 25.9. The summed E-state index contributed by atoms with van der Waals surface area (Å²) in [6, 6.07) is 42.8. The Morgan fingerprint density at radius 1 is 0.622 bits per heavy atom. The highest BCUT2D eigenvalue weighted by molar-refractivity contribution is 7.24. The van der Waals surface area contributed by atoms with Crippen LogP contribution in [0.5, 0.6) is 0 Å². The van der Waals surface area contributed by atoms with Crippen molar-refractivity contribution in [2.45, 2.75) is 19.3 Å². The van der Waals surface area contributed by atoms with E-state index in [1.54, 1.807) is 17.4 Å². The van der Waals surface area contributed by atoms with Crippen molar-refractivity contribution < 1.29 is 0 Å². The molecule has 3 nitrogen and oxygen atoms in total. The minimum absolute atomic E-state index is 0.0124. The molecule has 0 unspecified atom stereocenters. The number of anilines is 3. The molecule has 6 aromatic carbocycles. The Morgan fingerprint density at radius 2 is 1.24 bits per heavy atom. The first-order valence-corrected chi connectivity index (χ1v) is 15.9. The van der Waals surface area contributed by atoms with Gasteiger partial charge in [0.15, 0.2) is 11.1 Å². The number of hydrogen-bond acceptors (Lipinski definition) is 3. The first-order valence-electron chi connectivity index (χ1n) is 15.1. The smallest absolute Gasteiger partial charge is 0.195 e. The fourth-order valence-electron chi connectivity index (χ4n) is 7.87. The highest BCUT2D eigenvalue weighted by atomic mass is 32.1. The number of rotatable bonds is 1. The van der Waals surface area contributed by atoms with E-state index in [0.717, 1.165) is 43.0 Å². The van der Waals surface area contributed by atoms with Gasteiger partial charge in [-0.3, -0.25) is 4.79 Å². The van der Waals surface area contributed by atoms with E-state index in [0.29, 0.717) is 11.1 Å². The first-order chi connectivity index (χ1) is 22.0. The molecule has 0 atom stereocenters. The number of hydrogen-bond donors (Lipinski definition) is 0. The summed E-state index contributed by atoms with van der Waals surface area (Å²) < 4.78 is 1.79. The Balaban J connectivity index is 1.43. The van der Waals surface area contributed by atoms with Crippen molar-refractivity contribution in [2.24, 2.45) is 0 Å². The van der Waals surface area contributed by atoms with Crippen molar-refractivity contribution in [3.05, 3.63) is 176 Å². The van der Waals surface area contributed by atoms with Crippen molar-refractivity contribution in [2.75, 3.05) is 4.90 Å². The van der Waals surface area contributed by atoms with Gasteiger partial charge in [0, 0.05) is 25.9 Å². The summed E-state index contributed by atoms with van der Waals surface area (Å²) in [5.41, 5.74) is 12.9. The van der Waals surface area contributed by atoms with Crippen LogP contribution in [0.4, 0.5) is 22.7 Å². The third-order valence-electron chi connectivity index (χ3n) is 9.51. The zero-order valence-electron chi connectivity index (χ0n) is 24.8. The highest BCUT2D eigenvalue weighted by Gasteiger charge is 2.51. The van der Waals surface area contributed by atoms with Gasteiger partial charge >= 0.3 is 0 Å². The third-order valence-corrected chi connectivity index (χ3v) is 10.6. The molecule has 0 amide bonds. The monoisotopic (exact) mass is 594 g/mol. The van der Waals surface area contributed by atoms with Crippen molar-refractivity contribution in [1.29, 1.82) is 0 Å². The normalized spacial score (nSPS) is 13.8. The molecule has 1 aromatic heterocycles. The van der Waals surface area contributed by atoms with E-state index >= 15 is 0 Å². The van der Waals surface area contributed by atoms with Gasteiger partial charge < -0.3 is 4.90 Å². The molecule has 0 fully saturated rings. The minimum atomic E-state index is -0.608. The summed E-state index contributed by atoms with van der Waals surface area (Å²) in [5, 5.41) is 1.38. The molecule has 1 aliphatic carbocycles. The highest BCUT2D eigenvalue weighted by Crippen LogP contribution is 2.63. The predicted octanol–water partition coefficient (Wildman–Crippen LogP) is 10.7. The Morgan fingerprint density at radius 3 is 1.93 bits per heavy atom. The lowest BCUT2D eigenvalue weighted by Crippen LogP contribution is -2.36. The van der Waals surface area contributed by atoms with Crippen molar-refractivity contribution in [3.63, 3.8) is 0 Å². The van der Waals surface area contributed by atoms with Crippen molar-refractivity contribution >= 4 is 54.3 Å². The van der Waals surface area contributed by atoms with Crippen LogP contribution in [-0.4, -0.2) is 0 Å². The molecule has 1 aliphatic heterocycles. The van der Waals surface area contributed by atoms with Gasteiger partial charge in [0.25, 0.3) is 0 Å². The largest absolute Gasteiger partial charge is 0.310 e. The fraction of sp³-hybridized carbons (Fsp3) is 0.0732. The van der Waals surface area contributed by atoms with Crippen molar-refractivity contribution in [3.8, 4) is 11.1 Å². The van der Waals surface area contributed by atoms with Gasteiger partial charge in [0.2, 0.25) is 0 Å². The van der Waals surface area contributed by atoms with Crippen LogP contribution in [0.25, 0.3) is 36.1 Å². The summed E-state index contributed by atoms with van der Waals surface area (Å²) in [4.78, 5) is 20.2. The van der Waals surface area contributed by atoms with Gasteiger partial charge in [0.1, 0.15) is 0 Å². The Labute approximate surface area is 265 Å². The molecule has 0 radical (unpaired) electrons. The molecule has 212 valence electrons. The minimum Gasteiger partial charge on any atom is -0.310 e. The third kappa shape index (κ3) is 3.42. The fourth-order valence-corrected chi connectivity index (χ4v) is 8.99. The number of nitrogens with zero attached hydrogens (tertiary/aromatic N) is 2. The summed E-state index contributed by atoms with van der Waals surface area (Å²) in [6.07, 6.45) is 0. The van der Waals surface area contributed by atoms with E-state index < -0.39 is 5.41 Å². The lowest BCUT2D eigenvalue weighted by Gasteiger charge is -2.45. The maximum Gasteiger partial charge on any atom is 0.195 e. The number of fused-ring (bicyclic) bond motifs is 11. The van der Waals surface area contributed by atoms with E-state index in [9.17, 15) is 4.79 Å². The van der Waals surface area contributed by atoms with Crippen LogP contribution < -0.4 is 10.3 Å². The second-order valence-electron chi connectivity index (χ2n) is 12.1. The Hall–Kier alpha value is -5.50. The molecule has 2 heterocycles. The molecule has 45 heavy (non-hydrogen) atoms. The van der Waals surface area contributed by atoms with E-state index in [4.69, 9.17) is 6.57 Å². The quantitative estimate of drug-likeness (QED) is 0.139. The van der Waals surface area contributed by atoms with E-state index in [1.165, 1.54) is 33.4 Å². The van der Waals surface area contributed by atoms with Crippen LogP contribution in [0.15, 0.2) is 126 Å². The summed E-state index contributed by atoms with van der Waals surface area (Å²) in [5.74, 6) is 0.